The van der Waals surface area contributed by atoms with Crippen LogP contribution in [0.3, 0.4) is 0 Å². The number of carbonyl (C=O) groups excluding carboxylic acids is 1. The van der Waals surface area contributed by atoms with Crippen molar-refractivity contribution in [1.82, 2.24) is 5.32 Å². The summed E-state index contributed by atoms with van der Waals surface area (Å²) in [6, 6.07) is 4.89. The molecular weight excluding hydrogens is 292 g/mol. The average molecular weight is 311 g/mol. The van der Waals surface area contributed by atoms with Crippen LogP contribution in [0.2, 0.25) is 5.02 Å². The number of carboxylic acid groups (broad SMARTS) is 1. The van der Waals surface area contributed by atoms with E-state index in [1.54, 1.807) is 12.1 Å². The third kappa shape index (κ3) is 3.67. The highest BCUT2D eigenvalue weighted by Crippen LogP contribution is 2.37. The van der Waals surface area contributed by atoms with Gasteiger partial charge < -0.3 is 15.7 Å². The fraction of sp³-hybridized carbons (Fsp3) is 0.467. The van der Waals surface area contributed by atoms with Gasteiger partial charge in [0.15, 0.2) is 0 Å². The van der Waals surface area contributed by atoms with Crippen LogP contribution in [0.1, 0.15) is 31.2 Å². The van der Waals surface area contributed by atoms with Crippen molar-refractivity contribution in [3.05, 3.63) is 28.8 Å². The molecule has 1 saturated carbocycles. The van der Waals surface area contributed by atoms with Gasteiger partial charge >= 0.3 is 12.0 Å². The Morgan fingerprint density at radius 1 is 1.33 bits per heavy atom. The van der Waals surface area contributed by atoms with Gasteiger partial charge in [0.2, 0.25) is 0 Å². The predicted molar refractivity (Wildman–Crippen MR) is 81.7 cm³/mol. The molecule has 0 saturated heterocycles. The Bertz CT molecular complexity index is 554. The van der Waals surface area contributed by atoms with Crippen molar-refractivity contribution in [2.45, 2.75) is 32.6 Å². The van der Waals surface area contributed by atoms with E-state index in [0.717, 1.165) is 18.4 Å². The zero-order valence-corrected chi connectivity index (χ0v) is 12.7. The Labute approximate surface area is 128 Å². The Balaban J connectivity index is 1.96. The lowest BCUT2D eigenvalue weighted by molar-refractivity contribution is -0.148. The lowest BCUT2D eigenvalue weighted by Crippen LogP contribution is -2.42. The maximum atomic E-state index is 11.9. The minimum Gasteiger partial charge on any atom is -0.481 e. The third-order valence-electron chi connectivity index (χ3n) is 3.97. The molecular formula is C15H19ClN2O3. The number of aliphatic carboxylic acids is 1. The van der Waals surface area contributed by atoms with E-state index in [1.165, 1.54) is 0 Å². The lowest BCUT2D eigenvalue weighted by atomic mass is 9.86. The van der Waals surface area contributed by atoms with Crippen molar-refractivity contribution in [2.75, 3.05) is 11.9 Å². The van der Waals surface area contributed by atoms with Gasteiger partial charge in [0.25, 0.3) is 0 Å². The third-order valence-corrected chi connectivity index (χ3v) is 4.30. The van der Waals surface area contributed by atoms with Gasteiger partial charge in [0.05, 0.1) is 16.1 Å². The van der Waals surface area contributed by atoms with E-state index < -0.39 is 17.4 Å². The first kappa shape index (κ1) is 15.6. The molecule has 1 aromatic rings. The summed E-state index contributed by atoms with van der Waals surface area (Å²) in [4.78, 5) is 23.3. The van der Waals surface area contributed by atoms with Crippen LogP contribution in [0, 0.1) is 12.3 Å². The fourth-order valence-electron chi connectivity index (χ4n) is 2.67. The van der Waals surface area contributed by atoms with Crippen molar-refractivity contribution in [3.8, 4) is 0 Å². The Morgan fingerprint density at radius 3 is 2.62 bits per heavy atom. The monoisotopic (exact) mass is 310 g/mol. The molecule has 6 heteroatoms. The van der Waals surface area contributed by atoms with Crippen molar-refractivity contribution in [2.24, 2.45) is 5.41 Å². The number of rotatable bonds is 4. The topological polar surface area (TPSA) is 78.4 Å². The number of benzene rings is 1. The minimum absolute atomic E-state index is 0.137. The maximum absolute atomic E-state index is 11.9. The number of urea groups is 1. The van der Waals surface area contributed by atoms with Crippen molar-refractivity contribution < 1.29 is 14.7 Å². The van der Waals surface area contributed by atoms with E-state index in [0.29, 0.717) is 23.6 Å². The number of amides is 2. The number of aryl methyl sites for hydroxylation is 1. The summed E-state index contributed by atoms with van der Waals surface area (Å²) < 4.78 is 0. The van der Waals surface area contributed by atoms with Crippen LogP contribution < -0.4 is 10.6 Å². The standard InChI is InChI=1S/C15H19ClN2O3/c1-10-4-5-11(16)12(8-10)18-14(21)17-9-15(13(19)20)6-2-3-7-15/h4-5,8H,2-3,6-7,9H2,1H3,(H,19,20)(H2,17,18,21). The number of hydrogen-bond donors (Lipinski definition) is 3. The molecule has 2 amide bonds. The molecule has 0 aromatic heterocycles. The lowest BCUT2D eigenvalue weighted by Gasteiger charge is -2.24. The SMILES string of the molecule is Cc1ccc(Cl)c(NC(=O)NCC2(C(=O)O)CCCC2)c1. The van der Waals surface area contributed by atoms with Gasteiger partial charge in [-0.3, -0.25) is 4.79 Å². The van der Waals surface area contributed by atoms with E-state index in [4.69, 9.17) is 11.6 Å². The molecule has 1 fully saturated rings. The molecule has 3 N–H and O–H groups in total. The molecule has 0 heterocycles. The molecule has 1 aromatic carbocycles. The second-order valence-corrected chi connectivity index (χ2v) is 5.99. The van der Waals surface area contributed by atoms with Crippen LogP contribution in [0.15, 0.2) is 18.2 Å². The number of hydrogen-bond acceptors (Lipinski definition) is 2. The molecule has 1 aliphatic carbocycles. The van der Waals surface area contributed by atoms with Crippen LogP contribution in [-0.4, -0.2) is 23.7 Å². The van der Waals surface area contributed by atoms with Crippen LogP contribution in [0.4, 0.5) is 10.5 Å². The van der Waals surface area contributed by atoms with Crippen LogP contribution in [-0.2, 0) is 4.79 Å². The Hall–Kier alpha value is -1.75. The highest BCUT2D eigenvalue weighted by Gasteiger charge is 2.41. The molecule has 0 atom stereocenters. The van der Waals surface area contributed by atoms with Crippen LogP contribution in [0.5, 0.6) is 0 Å². The summed E-state index contributed by atoms with van der Waals surface area (Å²) in [5.74, 6) is -0.839. The molecule has 114 valence electrons. The van der Waals surface area contributed by atoms with E-state index in [-0.39, 0.29) is 6.54 Å². The summed E-state index contributed by atoms with van der Waals surface area (Å²) in [5.41, 5.74) is 0.672. The number of anilines is 1. The smallest absolute Gasteiger partial charge is 0.319 e. The van der Waals surface area contributed by atoms with Crippen LogP contribution in [0.25, 0.3) is 0 Å². The maximum Gasteiger partial charge on any atom is 0.319 e. The second-order valence-electron chi connectivity index (χ2n) is 5.58. The van der Waals surface area contributed by atoms with Crippen molar-refractivity contribution in [1.29, 1.82) is 0 Å². The summed E-state index contributed by atoms with van der Waals surface area (Å²) >= 11 is 6.01. The first-order chi connectivity index (χ1) is 9.93. The zero-order chi connectivity index (χ0) is 15.5. The number of halogens is 1. The number of nitrogens with one attached hydrogen (secondary N) is 2. The molecule has 5 nitrogen and oxygen atoms in total. The quantitative estimate of drug-likeness (QED) is 0.797. The molecule has 2 rings (SSSR count). The molecule has 0 radical (unpaired) electrons. The highest BCUT2D eigenvalue weighted by atomic mass is 35.5. The van der Waals surface area contributed by atoms with Gasteiger partial charge in [-0.05, 0) is 37.5 Å². The van der Waals surface area contributed by atoms with Crippen molar-refractivity contribution >= 4 is 29.3 Å². The van der Waals surface area contributed by atoms with Gasteiger partial charge in [-0.2, -0.15) is 0 Å². The Morgan fingerprint density at radius 2 is 2.00 bits per heavy atom. The molecule has 0 bridgehead atoms. The summed E-state index contributed by atoms with van der Waals surface area (Å²) in [6.07, 6.45) is 2.99. The number of carboxylic acids is 1. The van der Waals surface area contributed by atoms with E-state index in [9.17, 15) is 14.7 Å². The molecule has 0 unspecified atom stereocenters. The first-order valence-corrected chi connectivity index (χ1v) is 7.35. The average Bonchev–Trinajstić information content (AvgIpc) is 2.91. The predicted octanol–water partition coefficient (Wildman–Crippen LogP) is 3.41. The Kier molecular flexibility index (Phi) is 4.73. The highest BCUT2D eigenvalue weighted by molar-refractivity contribution is 6.33. The second kappa shape index (κ2) is 6.35. The minimum atomic E-state index is -0.839. The first-order valence-electron chi connectivity index (χ1n) is 6.97. The van der Waals surface area contributed by atoms with E-state index in [1.807, 2.05) is 13.0 Å². The largest absolute Gasteiger partial charge is 0.481 e. The summed E-state index contributed by atoms with van der Waals surface area (Å²) in [6.45, 7) is 2.04. The number of carbonyl (C=O) groups is 2. The molecule has 0 spiro atoms. The van der Waals surface area contributed by atoms with E-state index >= 15 is 0 Å². The van der Waals surface area contributed by atoms with Crippen molar-refractivity contribution in [3.63, 3.8) is 0 Å². The van der Waals surface area contributed by atoms with Gasteiger partial charge in [-0.25, -0.2) is 4.79 Å². The van der Waals surface area contributed by atoms with E-state index in [2.05, 4.69) is 10.6 Å². The van der Waals surface area contributed by atoms with Gasteiger partial charge in [0, 0.05) is 6.54 Å². The van der Waals surface area contributed by atoms with Gasteiger partial charge in [-0.15, -0.1) is 0 Å². The molecule has 1 aliphatic rings. The normalized spacial score (nSPS) is 16.5. The fourth-order valence-corrected chi connectivity index (χ4v) is 2.83. The summed E-state index contributed by atoms with van der Waals surface area (Å²) in [7, 11) is 0. The van der Waals surface area contributed by atoms with Gasteiger partial charge in [0.1, 0.15) is 0 Å². The van der Waals surface area contributed by atoms with Crippen LogP contribution >= 0.6 is 11.6 Å². The van der Waals surface area contributed by atoms with Gasteiger partial charge in [-0.1, -0.05) is 30.5 Å². The molecule has 21 heavy (non-hydrogen) atoms. The molecule has 0 aliphatic heterocycles. The summed E-state index contributed by atoms with van der Waals surface area (Å²) in [5, 5.41) is 15.1. The zero-order valence-electron chi connectivity index (χ0n) is 11.9.